The second-order valence-corrected chi connectivity index (χ2v) is 10.8. The molecule has 4 aromatic rings. The number of ether oxygens (including phenoxy) is 1. The molecule has 0 N–H and O–H groups in total. The van der Waals surface area contributed by atoms with E-state index in [1.807, 2.05) is 44.2 Å². The van der Waals surface area contributed by atoms with E-state index in [1.54, 1.807) is 12.1 Å². The molecule has 3 heterocycles. The van der Waals surface area contributed by atoms with Crippen LogP contribution >= 0.6 is 11.8 Å². The molecule has 1 fully saturated rings. The van der Waals surface area contributed by atoms with Crippen LogP contribution < -0.4 is 0 Å². The number of morpholine rings is 1. The van der Waals surface area contributed by atoms with Crippen LogP contribution in [0.4, 0.5) is 0 Å². The highest BCUT2D eigenvalue weighted by Crippen LogP contribution is 2.29. The van der Waals surface area contributed by atoms with Gasteiger partial charge in [-0.3, -0.25) is 0 Å². The lowest BCUT2D eigenvalue weighted by Crippen LogP contribution is -2.40. The van der Waals surface area contributed by atoms with Crippen LogP contribution in [0.2, 0.25) is 0 Å². The summed E-state index contributed by atoms with van der Waals surface area (Å²) >= 11 is 1.41. The third-order valence-electron chi connectivity index (χ3n) is 5.83. The number of aryl methyl sites for hydroxylation is 2. The van der Waals surface area contributed by atoms with E-state index in [9.17, 15) is 8.42 Å². The zero-order valence-electron chi connectivity index (χ0n) is 19.0. The van der Waals surface area contributed by atoms with Gasteiger partial charge in [-0.05, 0) is 43.7 Å². The molecular weight excluding hydrogens is 474 g/mol. The summed E-state index contributed by atoms with van der Waals surface area (Å²) in [6.07, 6.45) is 0. The summed E-state index contributed by atoms with van der Waals surface area (Å²) < 4.78 is 40.8. The van der Waals surface area contributed by atoms with Crippen molar-refractivity contribution in [3.05, 3.63) is 53.9 Å². The molecule has 9 nitrogen and oxygen atoms in total. The summed E-state index contributed by atoms with van der Waals surface area (Å²) in [6, 6.07) is 13.0. The van der Waals surface area contributed by atoms with Crippen molar-refractivity contribution in [1.29, 1.82) is 0 Å². The molecule has 178 valence electrons. The number of hydrogen-bond acceptors (Lipinski definition) is 8. The molecular formula is C23H25N5O4S2. The maximum absolute atomic E-state index is 13.1. The third kappa shape index (κ3) is 4.36. The van der Waals surface area contributed by atoms with Crippen molar-refractivity contribution < 1.29 is 17.6 Å². The van der Waals surface area contributed by atoms with Gasteiger partial charge < -0.3 is 13.7 Å². The first-order valence-electron chi connectivity index (χ1n) is 11.1. The van der Waals surface area contributed by atoms with E-state index in [0.29, 0.717) is 55.2 Å². The Morgan fingerprint density at radius 2 is 1.88 bits per heavy atom. The average Bonchev–Trinajstić information content (AvgIpc) is 3.47. The quantitative estimate of drug-likeness (QED) is 0.355. The lowest BCUT2D eigenvalue weighted by atomic mass is 10.1. The lowest BCUT2D eigenvalue weighted by molar-refractivity contribution is 0.0730. The molecule has 0 bridgehead atoms. The number of sulfonamides is 1. The number of imidazole rings is 1. The molecule has 34 heavy (non-hydrogen) atoms. The van der Waals surface area contributed by atoms with E-state index in [0.717, 1.165) is 22.5 Å². The van der Waals surface area contributed by atoms with E-state index in [4.69, 9.17) is 14.1 Å². The minimum Gasteiger partial charge on any atom is -0.411 e. The van der Waals surface area contributed by atoms with E-state index in [-0.39, 0.29) is 4.90 Å². The highest BCUT2D eigenvalue weighted by molar-refractivity contribution is 7.98. The smallest absolute Gasteiger partial charge is 0.277 e. The SMILES string of the molecule is CCn1c(CSc2nnc(-c3ccccc3C)o2)nc2cc(S(=O)(=O)N3CCOCC3)ccc21. The van der Waals surface area contributed by atoms with Gasteiger partial charge in [-0.25, -0.2) is 13.4 Å². The van der Waals surface area contributed by atoms with Crippen molar-refractivity contribution in [3.63, 3.8) is 0 Å². The Balaban J connectivity index is 1.38. The van der Waals surface area contributed by atoms with Gasteiger partial charge in [0, 0.05) is 25.2 Å². The maximum Gasteiger partial charge on any atom is 0.277 e. The fraction of sp³-hybridized carbons (Fsp3) is 0.348. The van der Waals surface area contributed by atoms with Gasteiger partial charge in [0.15, 0.2) is 0 Å². The number of nitrogens with zero attached hydrogens (tertiary/aromatic N) is 5. The van der Waals surface area contributed by atoms with Gasteiger partial charge in [0.1, 0.15) is 5.82 Å². The van der Waals surface area contributed by atoms with E-state index in [2.05, 4.69) is 14.8 Å². The molecule has 5 rings (SSSR count). The standard InChI is InChI=1S/C23H25N5O4S2/c1-3-28-20-9-8-17(34(29,30)27-10-12-31-13-11-27)14-19(20)24-21(28)15-33-23-26-25-22(32-23)18-7-5-4-6-16(18)2/h4-9,14H,3,10-13,15H2,1-2H3. The Bertz CT molecular complexity index is 1420. The summed E-state index contributed by atoms with van der Waals surface area (Å²) in [7, 11) is -3.58. The topological polar surface area (TPSA) is 103 Å². The van der Waals surface area contributed by atoms with Gasteiger partial charge in [0.05, 0.1) is 34.9 Å². The molecule has 0 aliphatic carbocycles. The van der Waals surface area contributed by atoms with Crippen molar-refractivity contribution in [3.8, 4) is 11.5 Å². The first-order valence-corrected chi connectivity index (χ1v) is 13.5. The number of rotatable bonds is 7. The van der Waals surface area contributed by atoms with Crippen LogP contribution in [-0.2, 0) is 27.1 Å². The summed E-state index contributed by atoms with van der Waals surface area (Å²) in [5.41, 5.74) is 3.53. The minimum atomic E-state index is -3.58. The molecule has 0 radical (unpaired) electrons. The highest BCUT2D eigenvalue weighted by Gasteiger charge is 2.27. The number of hydrogen-bond donors (Lipinski definition) is 0. The second kappa shape index (κ2) is 9.49. The van der Waals surface area contributed by atoms with Crippen molar-refractivity contribution in [2.24, 2.45) is 0 Å². The predicted molar refractivity (Wildman–Crippen MR) is 129 cm³/mol. The van der Waals surface area contributed by atoms with Crippen LogP contribution in [0.25, 0.3) is 22.5 Å². The predicted octanol–water partition coefficient (Wildman–Crippen LogP) is 3.73. The van der Waals surface area contributed by atoms with Crippen molar-refractivity contribution in [2.75, 3.05) is 26.3 Å². The van der Waals surface area contributed by atoms with Crippen molar-refractivity contribution in [2.45, 2.75) is 36.3 Å². The average molecular weight is 500 g/mol. The molecule has 2 aromatic heterocycles. The summed E-state index contributed by atoms with van der Waals surface area (Å²) in [5, 5.41) is 8.82. The molecule has 0 saturated carbocycles. The molecule has 0 atom stereocenters. The first kappa shape index (κ1) is 23.0. The monoisotopic (exact) mass is 499 g/mol. The fourth-order valence-electron chi connectivity index (χ4n) is 4.04. The van der Waals surface area contributed by atoms with Crippen LogP contribution in [0.1, 0.15) is 18.3 Å². The van der Waals surface area contributed by atoms with Crippen LogP contribution in [0.3, 0.4) is 0 Å². The van der Waals surface area contributed by atoms with Gasteiger partial charge in [-0.1, -0.05) is 30.0 Å². The number of aromatic nitrogens is 4. The van der Waals surface area contributed by atoms with Gasteiger partial charge in [-0.2, -0.15) is 4.31 Å². The normalized spacial score (nSPS) is 15.2. The summed E-state index contributed by atoms with van der Waals surface area (Å²) in [5.74, 6) is 1.82. The number of benzene rings is 2. The Morgan fingerprint density at radius 1 is 1.09 bits per heavy atom. The zero-order chi connectivity index (χ0) is 23.7. The van der Waals surface area contributed by atoms with E-state index >= 15 is 0 Å². The zero-order valence-corrected chi connectivity index (χ0v) is 20.6. The highest BCUT2D eigenvalue weighted by atomic mass is 32.2. The molecule has 0 amide bonds. The second-order valence-electron chi connectivity index (χ2n) is 7.92. The molecule has 0 unspecified atom stereocenters. The number of thioether (sulfide) groups is 1. The largest absolute Gasteiger partial charge is 0.411 e. The molecule has 2 aromatic carbocycles. The van der Waals surface area contributed by atoms with Crippen molar-refractivity contribution in [1.82, 2.24) is 24.1 Å². The third-order valence-corrected chi connectivity index (χ3v) is 8.54. The van der Waals surface area contributed by atoms with Crippen molar-refractivity contribution >= 4 is 32.8 Å². The molecule has 0 spiro atoms. The minimum absolute atomic E-state index is 0.252. The molecule has 1 saturated heterocycles. The molecule has 1 aliphatic rings. The van der Waals surface area contributed by atoms with Crippen LogP contribution in [0.5, 0.6) is 0 Å². The summed E-state index contributed by atoms with van der Waals surface area (Å²) in [4.78, 5) is 4.99. The molecule has 1 aliphatic heterocycles. The van der Waals surface area contributed by atoms with Gasteiger partial charge in [0.2, 0.25) is 15.9 Å². The van der Waals surface area contributed by atoms with E-state index < -0.39 is 10.0 Å². The maximum atomic E-state index is 13.1. The van der Waals surface area contributed by atoms with Gasteiger partial charge in [0.25, 0.3) is 5.22 Å². The molecule has 11 heteroatoms. The van der Waals surface area contributed by atoms with Gasteiger partial charge in [-0.15, -0.1) is 10.2 Å². The Hall–Kier alpha value is -2.73. The van der Waals surface area contributed by atoms with Crippen LogP contribution in [0.15, 0.2) is 57.0 Å². The Labute approximate surface area is 202 Å². The first-order chi connectivity index (χ1) is 16.5. The number of fused-ring (bicyclic) bond motifs is 1. The van der Waals surface area contributed by atoms with Gasteiger partial charge >= 0.3 is 0 Å². The Morgan fingerprint density at radius 3 is 2.65 bits per heavy atom. The lowest BCUT2D eigenvalue weighted by Gasteiger charge is -2.26. The van der Waals surface area contributed by atoms with E-state index in [1.165, 1.54) is 16.1 Å². The summed E-state index contributed by atoms with van der Waals surface area (Å²) in [6.45, 7) is 6.30. The van der Waals surface area contributed by atoms with Crippen LogP contribution in [0, 0.1) is 6.92 Å². The fourth-order valence-corrected chi connectivity index (χ4v) is 6.17. The van der Waals surface area contributed by atoms with Crippen LogP contribution in [-0.4, -0.2) is 58.8 Å². The Kier molecular flexibility index (Phi) is 6.43.